The second kappa shape index (κ2) is 5.69. The van der Waals surface area contributed by atoms with Gasteiger partial charge in [0.25, 0.3) is 0 Å². The van der Waals surface area contributed by atoms with Crippen molar-refractivity contribution in [1.29, 1.82) is 0 Å². The minimum atomic E-state index is -0.872. The number of aliphatic hydroxyl groups is 1. The largest absolute Gasteiger partial charge is 0.380 e. The Labute approximate surface area is 105 Å². The second-order valence-corrected chi connectivity index (χ2v) is 3.95. The molecular formula is C15H16BO. The van der Waals surface area contributed by atoms with Gasteiger partial charge in [-0.15, -0.1) is 0 Å². The summed E-state index contributed by atoms with van der Waals surface area (Å²) in [5.74, 6) is 0. The van der Waals surface area contributed by atoms with E-state index in [1.807, 2.05) is 67.6 Å². The molecule has 17 heavy (non-hydrogen) atoms. The van der Waals surface area contributed by atoms with E-state index in [-0.39, 0.29) is 8.41 Å². The van der Waals surface area contributed by atoms with E-state index in [4.69, 9.17) is 0 Å². The molecule has 0 bridgehead atoms. The highest BCUT2D eigenvalue weighted by molar-refractivity contribution is 5.75. The van der Waals surface area contributed by atoms with E-state index in [1.165, 1.54) is 0 Å². The molecule has 0 atom stereocenters. The van der Waals surface area contributed by atoms with Crippen LogP contribution in [0.15, 0.2) is 60.7 Å². The molecule has 0 unspecified atom stereocenters. The maximum Gasteiger partial charge on any atom is 0.114 e. The van der Waals surface area contributed by atoms with Crippen molar-refractivity contribution in [1.82, 2.24) is 0 Å². The van der Waals surface area contributed by atoms with E-state index < -0.39 is 5.60 Å². The van der Waals surface area contributed by atoms with Gasteiger partial charge in [0, 0.05) is 8.41 Å². The van der Waals surface area contributed by atoms with Gasteiger partial charge in [-0.2, -0.15) is 0 Å². The van der Waals surface area contributed by atoms with E-state index >= 15 is 0 Å². The summed E-state index contributed by atoms with van der Waals surface area (Å²) in [5, 5.41) is 10.8. The second-order valence-electron chi connectivity index (χ2n) is 3.95. The molecule has 2 aromatic carbocycles. The van der Waals surface area contributed by atoms with Gasteiger partial charge < -0.3 is 5.11 Å². The van der Waals surface area contributed by atoms with E-state index in [9.17, 15) is 5.11 Å². The molecule has 0 spiro atoms. The number of benzene rings is 2. The Hall–Kier alpha value is -1.54. The average Bonchev–Trinajstić information content (AvgIpc) is 2.40. The van der Waals surface area contributed by atoms with Gasteiger partial charge in [0.05, 0.1) is 0 Å². The van der Waals surface area contributed by atoms with Gasteiger partial charge in [-0.3, -0.25) is 0 Å². The van der Waals surface area contributed by atoms with Gasteiger partial charge in [-0.05, 0) is 17.5 Å². The summed E-state index contributed by atoms with van der Waals surface area (Å²) < 4.78 is 0. The van der Waals surface area contributed by atoms with Crippen LogP contribution in [-0.2, 0) is 5.60 Å². The van der Waals surface area contributed by atoms with E-state index in [0.717, 1.165) is 11.1 Å². The first-order valence-corrected chi connectivity index (χ1v) is 5.61. The number of hydrogen-bond donors (Lipinski definition) is 1. The van der Waals surface area contributed by atoms with Crippen molar-refractivity contribution in [2.45, 2.75) is 18.9 Å². The highest BCUT2D eigenvalue weighted by Gasteiger charge is 2.28. The summed E-state index contributed by atoms with van der Waals surface area (Å²) in [5.41, 5.74) is 1.02. The van der Waals surface area contributed by atoms with Crippen LogP contribution in [-0.4, -0.2) is 13.5 Å². The van der Waals surface area contributed by atoms with Crippen molar-refractivity contribution in [2.75, 3.05) is 0 Å². The van der Waals surface area contributed by atoms with Gasteiger partial charge in [-0.1, -0.05) is 67.6 Å². The summed E-state index contributed by atoms with van der Waals surface area (Å²) in [6.45, 7) is 2.00. The molecule has 0 fully saturated rings. The van der Waals surface area contributed by atoms with Crippen molar-refractivity contribution >= 4 is 8.41 Å². The Balaban J connectivity index is 0.00000144. The third-order valence-electron chi connectivity index (χ3n) is 3.01. The van der Waals surface area contributed by atoms with E-state index in [1.54, 1.807) is 0 Å². The molecule has 2 heteroatoms. The van der Waals surface area contributed by atoms with Crippen LogP contribution in [0.4, 0.5) is 0 Å². The standard InChI is InChI=1S/C15H16O.B/c1-2-15(16,13-9-5-3-6-10-13)14-11-7-4-8-12-14;/h3-12,16H,2H2,1H3;. The van der Waals surface area contributed by atoms with Crippen molar-refractivity contribution in [3.63, 3.8) is 0 Å². The Bertz CT molecular complexity index is 399. The van der Waals surface area contributed by atoms with Crippen LogP contribution < -0.4 is 0 Å². The zero-order chi connectivity index (χ0) is 11.4. The van der Waals surface area contributed by atoms with Crippen LogP contribution in [0.1, 0.15) is 24.5 Å². The fourth-order valence-electron chi connectivity index (χ4n) is 2.00. The Kier molecular flexibility index (Phi) is 4.53. The van der Waals surface area contributed by atoms with Crippen LogP contribution in [0.3, 0.4) is 0 Å². The molecule has 2 rings (SSSR count). The molecule has 0 aliphatic rings. The highest BCUT2D eigenvalue weighted by atomic mass is 16.3. The summed E-state index contributed by atoms with van der Waals surface area (Å²) in [4.78, 5) is 0. The molecule has 1 nitrogen and oxygen atoms in total. The fourth-order valence-corrected chi connectivity index (χ4v) is 2.00. The monoisotopic (exact) mass is 223 g/mol. The first kappa shape index (κ1) is 13.5. The van der Waals surface area contributed by atoms with Gasteiger partial charge in [0.1, 0.15) is 5.60 Å². The lowest BCUT2D eigenvalue weighted by atomic mass is 9.84. The molecular weight excluding hydrogens is 207 g/mol. The molecule has 0 saturated carbocycles. The quantitative estimate of drug-likeness (QED) is 0.793. The third kappa shape index (κ3) is 2.59. The van der Waals surface area contributed by atoms with E-state index in [0.29, 0.717) is 6.42 Å². The molecule has 0 aliphatic carbocycles. The van der Waals surface area contributed by atoms with Crippen molar-refractivity contribution < 1.29 is 5.11 Å². The van der Waals surface area contributed by atoms with E-state index in [2.05, 4.69) is 0 Å². The van der Waals surface area contributed by atoms with Gasteiger partial charge in [0.2, 0.25) is 0 Å². The summed E-state index contributed by atoms with van der Waals surface area (Å²) in [6.07, 6.45) is 0.668. The van der Waals surface area contributed by atoms with Crippen molar-refractivity contribution in [2.24, 2.45) is 0 Å². The van der Waals surface area contributed by atoms with Crippen molar-refractivity contribution in [3.8, 4) is 0 Å². The third-order valence-corrected chi connectivity index (χ3v) is 3.01. The van der Waals surface area contributed by atoms with Crippen LogP contribution in [0.2, 0.25) is 0 Å². The van der Waals surface area contributed by atoms with Crippen LogP contribution in [0, 0.1) is 0 Å². The highest BCUT2D eigenvalue weighted by Crippen LogP contribution is 2.32. The first-order valence-electron chi connectivity index (χ1n) is 5.61. The Morgan fingerprint density at radius 3 is 1.47 bits per heavy atom. The summed E-state index contributed by atoms with van der Waals surface area (Å²) >= 11 is 0. The molecule has 0 amide bonds. The Morgan fingerprint density at radius 1 is 0.824 bits per heavy atom. The minimum absolute atomic E-state index is 0. The average molecular weight is 223 g/mol. The first-order chi connectivity index (χ1) is 7.77. The van der Waals surface area contributed by atoms with Crippen LogP contribution >= 0.6 is 0 Å². The van der Waals surface area contributed by atoms with Crippen LogP contribution in [0.5, 0.6) is 0 Å². The maximum atomic E-state index is 10.8. The predicted molar refractivity (Wildman–Crippen MR) is 71.9 cm³/mol. The zero-order valence-electron chi connectivity index (χ0n) is 10.0. The maximum absolute atomic E-state index is 10.8. The smallest absolute Gasteiger partial charge is 0.114 e. The molecule has 3 radical (unpaired) electrons. The van der Waals surface area contributed by atoms with Crippen molar-refractivity contribution in [3.05, 3.63) is 71.8 Å². The SMILES string of the molecule is CCC(O)(c1ccccc1)c1ccccc1.[B]. The zero-order valence-corrected chi connectivity index (χ0v) is 10.0. The molecule has 2 aromatic rings. The lowest BCUT2D eigenvalue weighted by molar-refractivity contribution is 0.0765. The topological polar surface area (TPSA) is 20.2 Å². The minimum Gasteiger partial charge on any atom is -0.380 e. The lowest BCUT2D eigenvalue weighted by Crippen LogP contribution is -2.25. The number of hydrogen-bond acceptors (Lipinski definition) is 1. The summed E-state index contributed by atoms with van der Waals surface area (Å²) in [7, 11) is 0. The lowest BCUT2D eigenvalue weighted by Gasteiger charge is -2.28. The van der Waals surface area contributed by atoms with Gasteiger partial charge >= 0.3 is 0 Å². The molecule has 0 aromatic heterocycles. The van der Waals surface area contributed by atoms with Gasteiger partial charge in [-0.25, -0.2) is 0 Å². The fraction of sp³-hybridized carbons (Fsp3) is 0.200. The number of rotatable bonds is 3. The summed E-state index contributed by atoms with van der Waals surface area (Å²) in [6, 6.07) is 19.6. The molecule has 1 N–H and O–H groups in total. The van der Waals surface area contributed by atoms with Crippen LogP contribution in [0.25, 0.3) is 0 Å². The molecule has 0 saturated heterocycles. The van der Waals surface area contributed by atoms with Gasteiger partial charge in [0.15, 0.2) is 0 Å². The normalized spacial score (nSPS) is 10.7. The predicted octanol–water partition coefficient (Wildman–Crippen LogP) is 2.95. The Morgan fingerprint density at radius 2 is 1.18 bits per heavy atom. The molecule has 0 aliphatic heterocycles. The molecule has 0 heterocycles. The molecule has 85 valence electrons.